The summed E-state index contributed by atoms with van der Waals surface area (Å²) in [5, 5.41) is 10.1. The lowest BCUT2D eigenvalue weighted by molar-refractivity contribution is -0.210. The molecule has 0 aromatic carbocycles. The SMILES string of the molecule is CN(c1ncnc2[nH]ccc12)C1CC2CN(C(=O)C(O)C(F)(F)F)CC2C1. The predicted molar refractivity (Wildman–Crippen MR) is 90.9 cm³/mol. The maximum absolute atomic E-state index is 12.6. The molecule has 4 rings (SSSR count). The van der Waals surface area contributed by atoms with Gasteiger partial charge in [0.25, 0.3) is 5.91 Å². The summed E-state index contributed by atoms with van der Waals surface area (Å²) in [5.74, 6) is -0.172. The quantitative estimate of drug-likeness (QED) is 0.840. The molecule has 0 bridgehead atoms. The Morgan fingerprint density at radius 1 is 1.33 bits per heavy atom. The van der Waals surface area contributed by atoms with Gasteiger partial charge in [0.2, 0.25) is 6.10 Å². The second kappa shape index (κ2) is 6.36. The maximum Gasteiger partial charge on any atom is 0.423 e. The summed E-state index contributed by atoms with van der Waals surface area (Å²) in [7, 11) is 1.96. The molecule has 2 aromatic heterocycles. The Bertz CT molecular complexity index is 840. The number of anilines is 1. The van der Waals surface area contributed by atoms with Crippen molar-refractivity contribution in [3.05, 3.63) is 18.6 Å². The Kier molecular flexibility index (Phi) is 4.25. The normalized spacial score (nSPS) is 26.4. The number of likely N-dealkylation sites (tertiary alicyclic amines) is 1. The number of fused-ring (bicyclic) bond motifs is 2. The van der Waals surface area contributed by atoms with Gasteiger partial charge in [0.1, 0.15) is 17.8 Å². The molecule has 0 spiro atoms. The summed E-state index contributed by atoms with van der Waals surface area (Å²) in [6, 6.07) is 2.10. The van der Waals surface area contributed by atoms with Crippen LogP contribution in [-0.2, 0) is 4.79 Å². The maximum atomic E-state index is 12.6. The Morgan fingerprint density at radius 2 is 2.00 bits per heavy atom. The number of rotatable bonds is 3. The summed E-state index contributed by atoms with van der Waals surface area (Å²) in [4.78, 5) is 26.8. The fourth-order valence-corrected chi connectivity index (χ4v) is 4.39. The fraction of sp³-hybridized carbons (Fsp3) is 0.588. The average Bonchev–Trinajstić information content (AvgIpc) is 3.32. The van der Waals surface area contributed by atoms with Crippen molar-refractivity contribution >= 4 is 22.8 Å². The van der Waals surface area contributed by atoms with Gasteiger partial charge in [0, 0.05) is 32.4 Å². The van der Waals surface area contributed by atoms with E-state index in [9.17, 15) is 23.1 Å². The number of aliphatic hydroxyl groups is 1. The molecule has 1 aliphatic carbocycles. The number of hydrogen-bond donors (Lipinski definition) is 2. The van der Waals surface area contributed by atoms with Crippen molar-refractivity contribution in [2.75, 3.05) is 25.0 Å². The van der Waals surface area contributed by atoms with Gasteiger partial charge in [0.05, 0.1) is 5.39 Å². The third-order valence-electron chi connectivity index (χ3n) is 5.80. The van der Waals surface area contributed by atoms with Gasteiger partial charge in [0.15, 0.2) is 0 Å². The van der Waals surface area contributed by atoms with Crippen LogP contribution in [0.2, 0.25) is 0 Å². The zero-order chi connectivity index (χ0) is 19.3. The minimum atomic E-state index is -4.92. The predicted octanol–water partition coefficient (Wildman–Crippen LogP) is 1.55. The number of carbonyl (C=O) groups is 1. The van der Waals surface area contributed by atoms with Crippen LogP contribution in [0.3, 0.4) is 0 Å². The van der Waals surface area contributed by atoms with E-state index in [2.05, 4.69) is 19.9 Å². The van der Waals surface area contributed by atoms with Gasteiger partial charge in [-0.25, -0.2) is 9.97 Å². The second-order valence-electron chi connectivity index (χ2n) is 7.38. The highest BCUT2D eigenvalue weighted by atomic mass is 19.4. The highest BCUT2D eigenvalue weighted by Gasteiger charge is 2.50. The molecule has 3 heterocycles. The van der Waals surface area contributed by atoms with Gasteiger partial charge in [-0.3, -0.25) is 4.79 Å². The van der Waals surface area contributed by atoms with Crippen molar-refractivity contribution < 1.29 is 23.1 Å². The number of halogens is 3. The number of H-pyrrole nitrogens is 1. The van der Waals surface area contributed by atoms with Gasteiger partial charge in [-0.1, -0.05) is 0 Å². The van der Waals surface area contributed by atoms with E-state index in [0.717, 1.165) is 34.6 Å². The number of aromatic nitrogens is 3. The van der Waals surface area contributed by atoms with Crippen LogP contribution < -0.4 is 4.90 Å². The highest BCUT2D eigenvalue weighted by molar-refractivity contribution is 5.87. The van der Waals surface area contributed by atoms with Gasteiger partial charge >= 0.3 is 6.18 Å². The summed E-state index contributed by atoms with van der Waals surface area (Å²) in [6.07, 6.45) is -3.02. The fourth-order valence-electron chi connectivity index (χ4n) is 4.39. The summed E-state index contributed by atoms with van der Waals surface area (Å²) in [5.41, 5.74) is 0.753. The summed E-state index contributed by atoms with van der Waals surface area (Å²) in [6.45, 7) is 0.509. The first-order chi connectivity index (χ1) is 12.8. The standard InChI is InChI=1S/C17H20F3N5O2/c1-24(15-12-2-3-21-14(12)22-8-23-15)11-4-9-6-25(7-10(9)5-11)16(27)13(26)17(18,19)20/h2-3,8-11,13,26H,4-7H2,1H3,(H,21,22,23). The van der Waals surface area contributed by atoms with Crippen molar-refractivity contribution in [2.24, 2.45) is 11.8 Å². The number of carbonyl (C=O) groups excluding carboxylic acids is 1. The van der Waals surface area contributed by atoms with Gasteiger partial charge in [-0.15, -0.1) is 0 Å². The molecule has 1 saturated heterocycles. The number of hydrogen-bond acceptors (Lipinski definition) is 5. The minimum absolute atomic E-state index is 0.130. The third kappa shape index (κ3) is 3.11. The minimum Gasteiger partial charge on any atom is -0.376 e. The molecular weight excluding hydrogens is 363 g/mol. The zero-order valence-corrected chi connectivity index (χ0v) is 14.6. The first kappa shape index (κ1) is 18.0. The van der Waals surface area contributed by atoms with E-state index in [1.54, 1.807) is 6.20 Å². The Labute approximate surface area is 153 Å². The molecule has 10 heteroatoms. The molecule has 3 atom stereocenters. The summed E-state index contributed by atoms with van der Waals surface area (Å²) < 4.78 is 37.7. The van der Waals surface area contributed by atoms with Crippen molar-refractivity contribution in [3.63, 3.8) is 0 Å². The van der Waals surface area contributed by atoms with Gasteiger partial charge in [-0.2, -0.15) is 13.2 Å². The van der Waals surface area contributed by atoms with E-state index in [1.165, 1.54) is 6.33 Å². The third-order valence-corrected chi connectivity index (χ3v) is 5.80. The van der Waals surface area contributed by atoms with Gasteiger partial charge in [-0.05, 0) is 30.7 Å². The topological polar surface area (TPSA) is 85.4 Å². The smallest absolute Gasteiger partial charge is 0.376 e. The van der Waals surface area contributed by atoms with E-state index < -0.39 is 18.2 Å². The van der Waals surface area contributed by atoms with Crippen molar-refractivity contribution in [2.45, 2.75) is 31.2 Å². The van der Waals surface area contributed by atoms with E-state index in [0.29, 0.717) is 0 Å². The first-order valence-electron chi connectivity index (χ1n) is 8.80. The molecule has 2 N–H and O–H groups in total. The molecule has 146 valence electrons. The Morgan fingerprint density at radius 3 is 2.63 bits per heavy atom. The van der Waals surface area contributed by atoms with Crippen LogP contribution in [0.25, 0.3) is 11.0 Å². The molecule has 27 heavy (non-hydrogen) atoms. The molecule has 1 amide bonds. The molecule has 1 saturated carbocycles. The average molecular weight is 383 g/mol. The number of aliphatic hydroxyl groups excluding tert-OH is 1. The first-order valence-corrected chi connectivity index (χ1v) is 8.80. The Balaban J connectivity index is 1.43. The molecule has 2 fully saturated rings. The lowest BCUT2D eigenvalue weighted by atomic mass is 10.0. The van der Waals surface area contributed by atoms with Crippen molar-refractivity contribution in [1.29, 1.82) is 0 Å². The van der Waals surface area contributed by atoms with Crippen LogP contribution in [0.15, 0.2) is 18.6 Å². The molecule has 3 unspecified atom stereocenters. The number of amides is 1. The number of nitrogens with one attached hydrogen (secondary N) is 1. The Hall–Kier alpha value is -2.36. The van der Waals surface area contributed by atoms with Crippen LogP contribution in [0.1, 0.15) is 12.8 Å². The van der Waals surface area contributed by atoms with Crippen molar-refractivity contribution in [1.82, 2.24) is 19.9 Å². The van der Waals surface area contributed by atoms with E-state index >= 15 is 0 Å². The zero-order valence-electron chi connectivity index (χ0n) is 14.6. The molecule has 7 nitrogen and oxygen atoms in total. The molecule has 0 radical (unpaired) electrons. The second-order valence-corrected chi connectivity index (χ2v) is 7.38. The lowest BCUT2D eigenvalue weighted by Gasteiger charge is -2.28. The lowest BCUT2D eigenvalue weighted by Crippen LogP contribution is -2.46. The van der Waals surface area contributed by atoms with Crippen LogP contribution >= 0.6 is 0 Å². The molecule has 1 aliphatic heterocycles. The van der Waals surface area contributed by atoms with Crippen LogP contribution in [-0.4, -0.2) is 69.3 Å². The molecule has 2 aliphatic rings. The van der Waals surface area contributed by atoms with Crippen molar-refractivity contribution in [3.8, 4) is 0 Å². The number of aromatic amines is 1. The van der Waals surface area contributed by atoms with E-state index in [4.69, 9.17) is 0 Å². The number of nitrogens with zero attached hydrogens (tertiary/aromatic N) is 4. The summed E-state index contributed by atoms with van der Waals surface area (Å²) >= 11 is 0. The largest absolute Gasteiger partial charge is 0.423 e. The van der Waals surface area contributed by atoms with E-state index in [1.807, 2.05) is 13.1 Å². The van der Waals surface area contributed by atoms with Crippen LogP contribution in [0.5, 0.6) is 0 Å². The highest BCUT2D eigenvalue weighted by Crippen LogP contribution is 2.42. The van der Waals surface area contributed by atoms with Crippen LogP contribution in [0, 0.1) is 11.8 Å². The van der Waals surface area contributed by atoms with Gasteiger partial charge < -0.3 is 19.9 Å². The molecule has 2 aromatic rings. The van der Waals surface area contributed by atoms with E-state index in [-0.39, 0.29) is 31.0 Å². The molecular formula is C17H20F3N5O2. The number of alkyl halides is 3. The van der Waals surface area contributed by atoms with Crippen LogP contribution in [0.4, 0.5) is 19.0 Å². The monoisotopic (exact) mass is 383 g/mol.